The molecule has 12 heteroatoms. The lowest BCUT2D eigenvalue weighted by Gasteiger charge is -2.16. The van der Waals surface area contributed by atoms with Gasteiger partial charge in [-0.1, -0.05) is 12.8 Å². The standard InChI is InChI=1S/C20H30N4O7S/c25-15(7-4-3-6-14-19-13(12-32-14)22-20(29)23-19)21-11-5-1-2-8-18(28)31-24(30)16(26)9-10-17(24)27/h13-14,19,30H,1-12H2,(H2-,21,22,23,25,29)/p+1/t13-,14-,19-/m0/s1. The zero-order valence-corrected chi connectivity index (χ0v) is 18.8. The van der Waals surface area contributed by atoms with Gasteiger partial charge in [0.25, 0.3) is 0 Å². The molecular weight excluding hydrogens is 440 g/mol. The van der Waals surface area contributed by atoms with Crippen LogP contribution >= 0.6 is 11.8 Å². The van der Waals surface area contributed by atoms with E-state index in [2.05, 4.69) is 20.8 Å². The lowest BCUT2D eigenvalue weighted by molar-refractivity contribution is -1.12. The molecule has 3 heterocycles. The lowest BCUT2D eigenvalue weighted by Crippen LogP contribution is -2.50. The molecule has 3 aliphatic rings. The van der Waals surface area contributed by atoms with Gasteiger partial charge in [-0.2, -0.15) is 17.0 Å². The number of amides is 5. The smallest absolute Gasteiger partial charge is 0.356 e. The van der Waals surface area contributed by atoms with E-state index in [1.54, 1.807) is 0 Å². The summed E-state index contributed by atoms with van der Waals surface area (Å²) in [6.45, 7) is 0.505. The topological polar surface area (TPSA) is 151 Å². The molecule has 0 aromatic carbocycles. The number of hydrogen-bond donors (Lipinski definition) is 4. The van der Waals surface area contributed by atoms with E-state index in [9.17, 15) is 29.2 Å². The zero-order valence-electron chi connectivity index (χ0n) is 18.0. The predicted molar refractivity (Wildman–Crippen MR) is 113 cm³/mol. The van der Waals surface area contributed by atoms with Crippen molar-refractivity contribution in [1.82, 2.24) is 16.0 Å². The summed E-state index contributed by atoms with van der Waals surface area (Å²) in [7, 11) is 0. The Morgan fingerprint density at radius 2 is 1.75 bits per heavy atom. The van der Waals surface area contributed by atoms with Crippen molar-refractivity contribution in [2.45, 2.75) is 81.5 Å². The van der Waals surface area contributed by atoms with E-state index in [1.807, 2.05) is 11.8 Å². The molecule has 0 aliphatic carbocycles. The lowest BCUT2D eigenvalue weighted by atomic mass is 10.0. The summed E-state index contributed by atoms with van der Waals surface area (Å²) in [5, 5.41) is 19.0. The molecule has 3 saturated heterocycles. The van der Waals surface area contributed by atoms with E-state index in [0.29, 0.717) is 37.5 Å². The third-order valence-corrected chi connectivity index (χ3v) is 7.43. The van der Waals surface area contributed by atoms with E-state index in [-0.39, 0.29) is 43.3 Å². The first kappa shape index (κ1) is 24.5. The van der Waals surface area contributed by atoms with Crippen molar-refractivity contribution in [2.75, 3.05) is 12.3 Å². The van der Waals surface area contributed by atoms with Gasteiger partial charge in [0.1, 0.15) is 4.81 Å². The number of hydroxylamine groups is 4. The first-order chi connectivity index (χ1) is 15.3. The van der Waals surface area contributed by atoms with Gasteiger partial charge in [0.2, 0.25) is 5.91 Å². The first-order valence-corrected chi connectivity index (χ1v) is 12.2. The molecule has 178 valence electrons. The van der Waals surface area contributed by atoms with E-state index in [4.69, 9.17) is 0 Å². The molecule has 3 rings (SSSR count). The fourth-order valence-corrected chi connectivity index (χ4v) is 5.66. The first-order valence-electron chi connectivity index (χ1n) is 11.2. The molecule has 0 bridgehead atoms. The third-order valence-electron chi connectivity index (χ3n) is 5.92. The van der Waals surface area contributed by atoms with Crippen LogP contribution in [-0.4, -0.2) is 69.4 Å². The molecule has 0 aromatic rings. The van der Waals surface area contributed by atoms with Crippen LogP contribution in [0.4, 0.5) is 4.79 Å². The molecule has 3 atom stereocenters. The fraction of sp³-hybridized carbons (Fsp3) is 0.750. The number of unbranched alkanes of at least 4 members (excludes halogenated alkanes) is 3. The number of carbonyl (C=O) groups excluding carboxylic acids is 5. The van der Waals surface area contributed by atoms with Crippen molar-refractivity contribution in [3.63, 3.8) is 0 Å². The molecule has 3 aliphatic heterocycles. The highest BCUT2D eigenvalue weighted by Gasteiger charge is 2.55. The Kier molecular flexibility index (Phi) is 8.49. The molecule has 3 fully saturated rings. The van der Waals surface area contributed by atoms with Crippen molar-refractivity contribution in [1.29, 1.82) is 0 Å². The summed E-state index contributed by atoms with van der Waals surface area (Å²) in [6, 6.07) is 0.329. The highest BCUT2D eigenvalue weighted by molar-refractivity contribution is 8.00. The highest BCUT2D eigenvalue weighted by atomic mass is 32.2. The van der Waals surface area contributed by atoms with Crippen molar-refractivity contribution in [3.8, 4) is 0 Å². The summed E-state index contributed by atoms with van der Waals surface area (Å²) < 4.78 is 0. The van der Waals surface area contributed by atoms with Crippen LogP contribution in [0.3, 0.4) is 0 Å². The number of urea groups is 1. The second-order valence-corrected chi connectivity index (χ2v) is 9.63. The quantitative estimate of drug-likeness (QED) is 0.108. The number of thioether (sulfide) groups is 1. The molecule has 0 radical (unpaired) electrons. The zero-order chi connectivity index (χ0) is 23.1. The minimum absolute atomic E-state index is 0.00465. The Bertz CT molecular complexity index is 746. The summed E-state index contributed by atoms with van der Waals surface area (Å²) in [5.41, 5.74) is 0. The van der Waals surface area contributed by atoms with Crippen LogP contribution in [0.1, 0.15) is 64.2 Å². The second kappa shape index (κ2) is 11.1. The Balaban J connectivity index is 1.17. The number of carbonyl (C=O) groups is 5. The van der Waals surface area contributed by atoms with Gasteiger partial charge in [-0.3, -0.25) is 4.79 Å². The Morgan fingerprint density at radius 3 is 2.50 bits per heavy atom. The summed E-state index contributed by atoms with van der Waals surface area (Å²) in [5.74, 6) is -1.54. The van der Waals surface area contributed by atoms with Gasteiger partial charge >= 0.3 is 23.8 Å². The number of hydrogen-bond acceptors (Lipinski definition) is 8. The van der Waals surface area contributed by atoms with E-state index in [1.165, 1.54) is 0 Å². The number of nitrogens with one attached hydrogen (secondary N) is 3. The van der Waals surface area contributed by atoms with Gasteiger partial charge < -0.3 is 16.0 Å². The van der Waals surface area contributed by atoms with Crippen LogP contribution in [0.15, 0.2) is 0 Å². The number of nitrogens with zero attached hydrogens (tertiary/aromatic N) is 1. The van der Waals surface area contributed by atoms with Crippen molar-refractivity contribution in [2.24, 2.45) is 0 Å². The van der Waals surface area contributed by atoms with Gasteiger partial charge in [-0.15, -0.1) is 0 Å². The number of imide groups is 1. The van der Waals surface area contributed by atoms with E-state index < -0.39 is 22.6 Å². The molecular formula is C20H31N4O7S+. The van der Waals surface area contributed by atoms with Crippen LogP contribution in [0.2, 0.25) is 0 Å². The molecule has 0 spiro atoms. The maximum Gasteiger partial charge on any atom is 0.397 e. The van der Waals surface area contributed by atoms with Crippen LogP contribution in [0.5, 0.6) is 0 Å². The SMILES string of the molecule is O=C(CCCC[C@@H]1SC[C@@H]2NC(=O)N[C@@H]21)NCCCCCC(=O)O[N+]1(O)C(=O)CCC1=O. The van der Waals surface area contributed by atoms with Crippen molar-refractivity contribution >= 4 is 41.5 Å². The van der Waals surface area contributed by atoms with Crippen LogP contribution in [0, 0.1) is 0 Å². The predicted octanol–water partition coefficient (Wildman–Crippen LogP) is 0.900. The largest absolute Gasteiger partial charge is 0.397 e. The number of quaternary nitrogens is 1. The summed E-state index contributed by atoms with van der Waals surface area (Å²) in [4.78, 5) is 60.9. The number of fused-ring (bicyclic) bond motifs is 1. The average molecular weight is 472 g/mol. The summed E-state index contributed by atoms with van der Waals surface area (Å²) >= 11 is 1.87. The summed E-state index contributed by atoms with van der Waals surface area (Å²) in [6.07, 6.45) is 4.67. The van der Waals surface area contributed by atoms with E-state index >= 15 is 0 Å². The molecule has 11 nitrogen and oxygen atoms in total. The van der Waals surface area contributed by atoms with Crippen LogP contribution in [-0.2, 0) is 24.0 Å². The van der Waals surface area contributed by atoms with E-state index in [0.717, 1.165) is 25.0 Å². The number of rotatable bonds is 12. The molecule has 4 N–H and O–H groups in total. The molecule has 0 aromatic heterocycles. The Labute approximate surface area is 190 Å². The fourth-order valence-electron chi connectivity index (χ4n) is 4.11. The molecule has 0 saturated carbocycles. The minimum atomic E-state index is -1.87. The Hall–Kier alpha value is -2.18. The maximum absolute atomic E-state index is 11.9. The minimum Gasteiger partial charge on any atom is -0.356 e. The van der Waals surface area contributed by atoms with Crippen molar-refractivity contribution < 1.29 is 38.8 Å². The monoisotopic (exact) mass is 471 g/mol. The van der Waals surface area contributed by atoms with Crippen molar-refractivity contribution in [3.05, 3.63) is 0 Å². The maximum atomic E-state index is 11.9. The molecule has 32 heavy (non-hydrogen) atoms. The van der Waals surface area contributed by atoms with Gasteiger partial charge in [0, 0.05) is 24.0 Å². The normalized spacial score (nSPS) is 25.9. The average Bonchev–Trinajstić information content (AvgIpc) is 3.37. The van der Waals surface area contributed by atoms with Gasteiger partial charge in [-0.25, -0.2) is 24.0 Å². The van der Waals surface area contributed by atoms with Gasteiger partial charge in [0.05, 0.1) is 31.3 Å². The second-order valence-electron chi connectivity index (χ2n) is 8.36. The third kappa shape index (κ3) is 6.20. The van der Waals surface area contributed by atoms with Gasteiger partial charge in [0.15, 0.2) is 0 Å². The van der Waals surface area contributed by atoms with Crippen LogP contribution < -0.4 is 16.0 Å². The molecule has 0 unspecified atom stereocenters. The van der Waals surface area contributed by atoms with Gasteiger partial charge in [-0.05, 0) is 25.7 Å². The molecule has 5 amide bonds. The van der Waals surface area contributed by atoms with Crippen LogP contribution in [0.25, 0.3) is 0 Å². The Morgan fingerprint density at radius 1 is 1.03 bits per heavy atom. The highest BCUT2D eigenvalue weighted by Crippen LogP contribution is 2.33.